The maximum Gasteiger partial charge on any atom is 0.275 e. The van der Waals surface area contributed by atoms with Crippen LogP contribution in [-0.2, 0) is 16.0 Å². The minimum Gasteiger partial charge on any atom is -0.383 e. The first kappa shape index (κ1) is 29.3. The Labute approximate surface area is 228 Å². The van der Waals surface area contributed by atoms with E-state index in [9.17, 15) is 9.59 Å². The first-order valence-electron chi connectivity index (χ1n) is 12.4. The zero-order valence-electron chi connectivity index (χ0n) is 21.6. The lowest BCUT2D eigenvalue weighted by atomic mass is 10.1. The van der Waals surface area contributed by atoms with E-state index in [1.807, 2.05) is 12.1 Å². The highest BCUT2D eigenvalue weighted by Gasteiger charge is 2.25. The van der Waals surface area contributed by atoms with Gasteiger partial charge in [0.2, 0.25) is 0 Å². The zero-order chi connectivity index (χ0) is 25.5. The number of ether oxygens (including phenoxy) is 2. The lowest BCUT2D eigenvalue weighted by molar-refractivity contribution is 0.0937. The Morgan fingerprint density at radius 2 is 2.05 bits per heavy atom. The van der Waals surface area contributed by atoms with Crippen molar-refractivity contribution in [1.82, 2.24) is 20.5 Å². The number of nitrogens with one attached hydrogen (secondary N) is 3. The van der Waals surface area contributed by atoms with Crippen molar-refractivity contribution in [2.75, 3.05) is 70.3 Å². The average Bonchev–Trinajstić information content (AvgIpc) is 3.55. The molecule has 2 fully saturated rings. The molecular weight excluding hydrogens is 516 g/mol. The van der Waals surface area contributed by atoms with Crippen molar-refractivity contribution >= 4 is 46.4 Å². The number of rotatable bonds is 10. The third kappa shape index (κ3) is 7.86. The number of nitrogens with zero attached hydrogens (tertiary/aromatic N) is 3. The Balaban J connectivity index is 0.00000380. The van der Waals surface area contributed by atoms with Gasteiger partial charge in [0.25, 0.3) is 11.8 Å². The molecule has 1 aromatic carbocycles. The predicted molar refractivity (Wildman–Crippen MR) is 148 cm³/mol. The van der Waals surface area contributed by atoms with Crippen LogP contribution in [0.15, 0.2) is 23.6 Å². The van der Waals surface area contributed by atoms with E-state index in [0.717, 1.165) is 56.4 Å². The normalized spacial score (nSPS) is 19.9. The molecule has 10 nitrogen and oxygen atoms in total. The Morgan fingerprint density at radius 1 is 1.22 bits per heavy atom. The number of hydrogen-bond acceptors (Lipinski definition) is 9. The van der Waals surface area contributed by atoms with E-state index in [-0.39, 0.29) is 30.3 Å². The van der Waals surface area contributed by atoms with E-state index in [1.54, 1.807) is 25.7 Å². The number of thiazole rings is 1. The van der Waals surface area contributed by atoms with Gasteiger partial charge in [0.1, 0.15) is 5.69 Å². The van der Waals surface area contributed by atoms with E-state index >= 15 is 0 Å². The molecule has 2 aromatic rings. The van der Waals surface area contributed by atoms with Crippen molar-refractivity contribution < 1.29 is 19.1 Å². The van der Waals surface area contributed by atoms with Crippen LogP contribution in [0.2, 0.25) is 0 Å². The number of anilines is 2. The van der Waals surface area contributed by atoms with Gasteiger partial charge in [-0.2, -0.15) is 0 Å². The SMILES string of the molecule is COCCNC(=O)c1cc(CN2CCN[C@@H](C)C2)ccc1NC(=O)c1csc(N2CC[C@H](OC)C2)n1.Cl. The van der Waals surface area contributed by atoms with Crippen LogP contribution in [0.4, 0.5) is 10.8 Å². The Morgan fingerprint density at radius 3 is 2.78 bits per heavy atom. The van der Waals surface area contributed by atoms with Gasteiger partial charge in [0, 0.05) is 71.5 Å². The van der Waals surface area contributed by atoms with Gasteiger partial charge in [-0.05, 0) is 31.0 Å². The second-order valence-corrected chi connectivity index (χ2v) is 10.1. The zero-order valence-corrected chi connectivity index (χ0v) is 23.3. The van der Waals surface area contributed by atoms with Gasteiger partial charge in [0.05, 0.1) is 24.0 Å². The highest BCUT2D eigenvalue weighted by Crippen LogP contribution is 2.26. The highest BCUT2D eigenvalue weighted by molar-refractivity contribution is 7.14. The van der Waals surface area contributed by atoms with Crippen molar-refractivity contribution in [2.24, 2.45) is 0 Å². The van der Waals surface area contributed by atoms with E-state index < -0.39 is 0 Å². The van der Waals surface area contributed by atoms with Crippen molar-refractivity contribution in [2.45, 2.75) is 32.0 Å². The largest absolute Gasteiger partial charge is 0.383 e. The van der Waals surface area contributed by atoms with Crippen molar-refractivity contribution in [3.05, 3.63) is 40.4 Å². The van der Waals surface area contributed by atoms with Crippen molar-refractivity contribution in [1.29, 1.82) is 0 Å². The lowest BCUT2D eigenvalue weighted by Gasteiger charge is -2.32. The molecule has 2 aliphatic rings. The molecule has 204 valence electrons. The van der Waals surface area contributed by atoms with Gasteiger partial charge in [-0.25, -0.2) is 4.98 Å². The number of aromatic nitrogens is 1. The Bertz CT molecular complexity index is 1050. The van der Waals surface area contributed by atoms with Crippen LogP contribution >= 0.6 is 23.7 Å². The fraction of sp³-hybridized carbons (Fsp3) is 0.560. The second-order valence-electron chi connectivity index (χ2n) is 9.28. The number of piperazine rings is 1. The van der Waals surface area contributed by atoms with Crippen LogP contribution in [-0.4, -0.2) is 93.9 Å². The molecule has 12 heteroatoms. The van der Waals surface area contributed by atoms with Crippen LogP contribution in [0.1, 0.15) is 39.8 Å². The molecule has 1 aromatic heterocycles. The summed E-state index contributed by atoms with van der Waals surface area (Å²) < 4.78 is 10.5. The van der Waals surface area contributed by atoms with Gasteiger partial charge in [-0.3, -0.25) is 14.5 Å². The molecule has 0 spiro atoms. The predicted octanol–water partition coefficient (Wildman–Crippen LogP) is 2.21. The van der Waals surface area contributed by atoms with E-state index in [0.29, 0.717) is 36.1 Å². The van der Waals surface area contributed by atoms with Gasteiger partial charge < -0.3 is 30.3 Å². The molecule has 2 atom stereocenters. The molecule has 0 bridgehead atoms. The van der Waals surface area contributed by atoms with Gasteiger partial charge in [-0.15, -0.1) is 23.7 Å². The molecule has 4 rings (SSSR count). The molecule has 0 aliphatic carbocycles. The summed E-state index contributed by atoms with van der Waals surface area (Å²) in [6, 6.07) is 6.07. The van der Waals surface area contributed by atoms with Gasteiger partial charge in [-0.1, -0.05) is 6.07 Å². The number of carbonyl (C=O) groups is 2. The molecule has 0 saturated carbocycles. The molecule has 2 saturated heterocycles. The monoisotopic (exact) mass is 552 g/mol. The van der Waals surface area contributed by atoms with E-state index in [4.69, 9.17) is 9.47 Å². The fourth-order valence-electron chi connectivity index (χ4n) is 4.56. The fourth-order valence-corrected chi connectivity index (χ4v) is 5.40. The van der Waals surface area contributed by atoms with Crippen molar-refractivity contribution in [3.63, 3.8) is 0 Å². The molecule has 37 heavy (non-hydrogen) atoms. The van der Waals surface area contributed by atoms with Crippen LogP contribution < -0.4 is 20.9 Å². The standard InChI is InChI=1S/C25H36N6O4S.ClH/c1-17-13-30(10-7-26-17)14-18-4-5-21(20(12-18)23(32)27-8-11-34-2)28-24(33)22-16-36-25(29-22)31-9-6-19(15-31)35-3;/h4-5,12,16-17,19,26H,6-11,13-15H2,1-3H3,(H,27,32)(H,28,33);1H/t17-,19-;/m0./s1. The minimum absolute atomic E-state index is 0. The summed E-state index contributed by atoms with van der Waals surface area (Å²) in [6.07, 6.45) is 1.13. The van der Waals surface area contributed by atoms with Gasteiger partial charge >= 0.3 is 0 Å². The van der Waals surface area contributed by atoms with E-state index in [1.165, 1.54) is 11.3 Å². The molecule has 2 amide bonds. The molecule has 2 aliphatic heterocycles. The summed E-state index contributed by atoms with van der Waals surface area (Å²) in [5.74, 6) is -0.589. The number of benzene rings is 1. The molecule has 3 N–H and O–H groups in total. The second kappa shape index (κ2) is 14.0. The first-order valence-corrected chi connectivity index (χ1v) is 13.2. The quantitative estimate of drug-likeness (QED) is 0.385. The minimum atomic E-state index is -0.338. The molecule has 0 unspecified atom stereocenters. The van der Waals surface area contributed by atoms with Crippen LogP contribution in [0.3, 0.4) is 0 Å². The maximum absolute atomic E-state index is 13.1. The van der Waals surface area contributed by atoms with E-state index in [2.05, 4.69) is 37.7 Å². The first-order chi connectivity index (χ1) is 17.5. The summed E-state index contributed by atoms with van der Waals surface area (Å²) in [5.41, 5.74) is 2.25. The maximum atomic E-state index is 13.1. The lowest BCUT2D eigenvalue weighted by Crippen LogP contribution is -2.48. The summed E-state index contributed by atoms with van der Waals surface area (Å²) >= 11 is 1.44. The van der Waals surface area contributed by atoms with Crippen molar-refractivity contribution in [3.8, 4) is 0 Å². The third-order valence-corrected chi connectivity index (χ3v) is 7.40. The number of methoxy groups -OCH3 is 2. The third-order valence-electron chi connectivity index (χ3n) is 6.50. The topological polar surface area (TPSA) is 108 Å². The smallest absolute Gasteiger partial charge is 0.275 e. The number of hydrogen-bond donors (Lipinski definition) is 3. The Kier molecular flexibility index (Phi) is 11.1. The number of halogens is 1. The number of amides is 2. The molecular formula is C25H37ClN6O4S. The highest BCUT2D eigenvalue weighted by atomic mass is 35.5. The number of carbonyl (C=O) groups excluding carboxylic acids is 2. The Hall–Kier alpha value is -2.28. The van der Waals surface area contributed by atoms with Gasteiger partial charge in [0.15, 0.2) is 5.13 Å². The van der Waals surface area contributed by atoms with Crippen LogP contribution in [0, 0.1) is 0 Å². The summed E-state index contributed by atoms with van der Waals surface area (Å²) in [4.78, 5) is 35.1. The summed E-state index contributed by atoms with van der Waals surface area (Å²) in [6.45, 7) is 8.17. The summed E-state index contributed by atoms with van der Waals surface area (Å²) in [7, 11) is 3.31. The summed E-state index contributed by atoms with van der Waals surface area (Å²) in [5, 5.41) is 11.8. The van der Waals surface area contributed by atoms with Crippen LogP contribution in [0.25, 0.3) is 0 Å². The molecule has 3 heterocycles. The molecule has 0 radical (unpaired) electrons. The van der Waals surface area contributed by atoms with Crippen LogP contribution in [0.5, 0.6) is 0 Å². The average molecular weight is 553 g/mol.